The van der Waals surface area contributed by atoms with Gasteiger partial charge >= 0.3 is 0 Å². The van der Waals surface area contributed by atoms with Gasteiger partial charge in [0.15, 0.2) is 11.0 Å². The number of nitriles is 1. The van der Waals surface area contributed by atoms with E-state index in [1.807, 2.05) is 36.4 Å². The molecule has 0 aliphatic carbocycles. The van der Waals surface area contributed by atoms with E-state index in [0.717, 1.165) is 5.69 Å². The smallest absolute Gasteiger partial charge is 0.234 e. The molecule has 0 aliphatic heterocycles. The molecule has 0 atom stereocenters. The van der Waals surface area contributed by atoms with Gasteiger partial charge in [-0.15, -0.1) is 10.2 Å². The first kappa shape index (κ1) is 20.2. The molecular weight excluding hydrogens is 410 g/mol. The topological polar surface area (TPSA) is 104 Å². The van der Waals surface area contributed by atoms with E-state index in [1.54, 1.807) is 47.0 Å². The van der Waals surface area contributed by atoms with Gasteiger partial charge in [-0.25, -0.2) is 0 Å². The van der Waals surface area contributed by atoms with Crippen molar-refractivity contribution in [2.45, 2.75) is 5.16 Å². The van der Waals surface area contributed by atoms with Crippen molar-refractivity contribution < 1.29 is 9.90 Å². The van der Waals surface area contributed by atoms with Crippen LogP contribution >= 0.6 is 11.8 Å². The van der Waals surface area contributed by atoms with Gasteiger partial charge in [-0.3, -0.25) is 9.36 Å². The van der Waals surface area contributed by atoms with Crippen LogP contribution < -0.4 is 5.32 Å². The van der Waals surface area contributed by atoms with Gasteiger partial charge in [-0.1, -0.05) is 54.2 Å². The van der Waals surface area contributed by atoms with Crippen molar-refractivity contribution in [3.8, 4) is 28.9 Å². The molecule has 0 spiro atoms. The van der Waals surface area contributed by atoms with Gasteiger partial charge in [0.1, 0.15) is 11.8 Å². The normalized spacial score (nSPS) is 10.4. The third-order valence-electron chi connectivity index (χ3n) is 4.45. The zero-order chi connectivity index (χ0) is 21.6. The molecule has 7 nitrogen and oxygen atoms in total. The fourth-order valence-electron chi connectivity index (χ4n) is 3.02. The highest BCUT2D eigenvalue weighted by Crippen LogP contribution is 2.32. The average molecular weight is 427 g/mol. The van der Waals surface area contributed by atoms with Crippen molar-refractivity contribution in [3.05, 3.63) is 84.4 Å². The first-order valence-electron chi connectivity index (χ1n) is 9.38. The maximum Gasteiger partial charge on any atom is 0.234 e. The summed E-state index contributed by atoms with van der Waals surface area (Å²) in [6.45, 7) is 0. The fraction of sp³-hybridized carbons (Fsp3) is 0.0435. The molecular formula is C23H17N5O2S. The summed E-state index contributed by atoms with van der Waals surface area (Å²) in [7, 11) is 0. The van der Waals surface area contributed by atoms with Gasteiger partial charge in [0.2, 0.25) is 5.91 Å². The second kappa shape index (κ2) is 9.15. The highest BCUT2D eigenvalue weighted by Gasteiger charge is 2.19. The van der Waals surface area contributed by atoms with Crippen LogP contribution in [0.5, 0.6) is 5.75 Å². The molecule has 0 fully saturated rings. The number of aromatic nitrogens is 3. The Morgan fingerprint density at radius 2 is 1.71 bits per heavy atom. The highest BCUT2D eigenvalue weighted by molar-refractivity contribution is 7.99. The lowest BCUT2D eigenvalue weighted by Crippen LogP contribution is -2.15. The number of hydrogen-bond donors (Lipinski definition) is 2. The minimum Gasteiger partial charge on any atom is -0.507 e. The minimum absolute atomic E-state index is 0.0749. The van der Waals surface area contributed by atoms with Crippen LogP contribution in [0.1, 0.15) is 5.56 Å². The molecule has 2 N–H and O–H groups in total. The lowest BCUT2D eigenvalue weighted by atomic mass is 10.2. The Balaban J connectivity index is 1.61. The van der Waals surface area contributed by atoms with Crippen molar-refractivity contribution in [1.82, 2.24) is 14.8 Å². The molecule has 152 valence electrons. The number of nitrogens with zero attached hydrogens (tertiary/aromatic N) is 4. The van der Waals surface area contributed by atoms with Crippen LogP contribution in [0.4, 0.5) is 5.69 Å². The third kappa shape index (κ3) is 4.42. The number of thioether (sulfide) groups is 1. The first-order valence-corrected chi connectivity index (χ1v) is 10.4. The monoisotopic (exact) mass is 427 g/mol. The number of carbonyl (C=O) groups excluding carboxylic acids is 1. The van der Waals surface area contributed by atoms with Gasteiger partial charge in [0, 0.05) is 5.69 Å². The van der Waals surface area contributed by atoms with Crippen LogP contribution in [-0.2, 0) is 4.79 Å². The maximum atomic E-state index is 12.5. The molecule has 31 heavy (non-hydrogen) atoms. The third-order valence-corrected chi connectivity index (χ3v) is 5.38. The molecule has 4 aromatic rings. The molecule has 0 radical (unpaired) electrons. The molecule has 1 heterocycles. The summed E-state index contributed by atoms with van der Waals surface area (Å²) in [6, 6.07) is 25.3. The van der Waals surface area contributed by atoms with Crippen LogP contribution in [-0.4, -0.2) is 31.5 Å². The molecule has 0 unspecified atom stereocenters. The molecule has 0 bridgehead atoms. The van der Waals surface area contributed by atoms with E-state index < -0.39 is 0 Å². The number of phenolic OH excluding ortho intramolecular Hbond substituents is 1. The summed E-state index contributed by atoms with van der Waals surface area (Å²) in [5.74, 6) is 0.377. The van der Waals surface area contributed by atoms with E-state index in [2.05, 4.69) is 21.6 Å². The molecule has 1 aromatic heterocycles. The quantitative estimate of drug-likeness (QED) is 0.446. The number of carbonyl (C=O) groups is 1. The molecule has 3 aromatic carbocycles. The Labute approximate surface area is 183 Å². The van der Waals surface area contributed by atoms with Gasteiger partial charge in [0.25, 0.3) is 0 Å². The largest absolute Gasteiger partial charge is 0.507 e. The predicted octanol–water partition coefficient (Wildman–Crippen LogP) is 4.24. The number of aromatic hydroxyl groups is 1. The average Bonchev–Trinajstić information content (AvgIpc) is 3.22. The number of amides is 1. The van der Waals surface area contributed by atoms with Gasteiger partial charge in [0.05, 0.1) is 22.6 Å². The number of anilines is 1. The second-order valence-corrected chi connectivity index (χ2v) is 7.43. The number of rotatable bonds is 6. The standard InChI is InChI=1S/C23H17N5O2S/c24-14-16-8-4-6-12-19(16)25-21(30)15-31-23-27-26-22(18-11-5-7-13-20(18)29)28(23)17-9-2-1-3-10-17/h1-13,29H,15H2,(H,25,30). The molecule has 0 saturated carbocycles. The van der Waals surface area contributed by atoms with Crippen molar-refractivity contribution in [1.29, 1.82) is 5.26 Å². The van der Waals surface area contributed by atoms with Crippen LogP contribution in [0, 0.1) is 11.3 Å². The molecule has 8 heteroatoms. The van der Waals surface area contributed by atoms with Gasteiger partial charge < -0.3 is 10.4 Å². The van der Waals surface area contributed by atoms with E-state index in [1.165, 1.54) is 11.8 Å². The summed E-state index contributed by atoms with van der Waals surface area (Å²) in [4.78, 5) is 12.5. The Bertz CT molecular complexity index is 1260. The lowest BCUT2D eigenvalue weighted by Gasteiger charge is -2.11. The van der Waals surface area contributed by atoms with E-state index in [9.17, 15) is 15.2 Å². The molecule has 4 rings (SSSR count). The van der Waals surface area contributed by atoms with Gasteiger partial charge in [-0.2, -0.15) is 5.26 Å². The van der Waals surface area contributed by atoms with Crippen LogP contribution in [0.3, 0.4) is 0 Å². The number of phenols is 1. The summed E-state index contributed by atoms with van der Waals surface area (Å²) >= 11 is 1.22. The Kier molecular flexibility index (Phi) is 5.96. The first-order chi connectivity index (χ1) is 15.2. The number of para-hydroxylation sites is 3. The Morgan fingerprint density at radius 1 is 1.00 bits per heavy atom. The molecule has 1 amide bonds. The van der Waals surface area contributed by atoms with Crippen molar-refractivity contribution in [2.24, 2.45) is 0 Å². The predicted molar refractivity (Wildman–Crippen MR) is 119 cm³/mol. The second-order valence-electron chi connectivity index (χ2n) is 6.49. The van der Waals surface area contributed by atoms with Crippen molar-refractivity contribution in [3.63, 3.8) is 0 Å². The lowest BCUT2D eigenvalue weighted by molar-refractivity contribution is -0.113. The van der Waals surface area contributed by atoms with Crippen LogP contribution in [0.25, 0.3) is 17.1 Å². The Morgan fingerprint density at radius 3 is 2.48 bits per heavy atom. The fourth-order valence-corrected chi connectivity index (χ4v) is 3.77. The zero-order valence-electron chi connectivity index (χ0n) is 16.3. The summed E-state index contributed by atoms with van der Waals surface area (Å²) in [6.07, 6.45) is 0. The van der Waals surface area contributed by atoms with Crippen molar-refractivity contribution >= 4 is 23.4 Å². The van der Waals surface area contributed by atoms with Gasteiger partial charge in [-0.05, 0) is 36.4 Å². The zero-order valence-corrected chi connectivity index (χ0v) is 17.1. The van der Waals surface area contributed by atoms with Crippen LogP contribution in [0.2, 0.25) is 0 Å². The van der Waals surface area contributed by atoms with Crippen molar-refractivity contribution in [2.75, 3.05) is 11.1 Å². The number of nitrogens with one attached hydrogen (secondary N) is 1. The van der Waals surface area contributed by atoms with Crippen LogP contribution in [0.15, 0.2) is 84.0 Å². The summed E-state index contributed by atoms with van der Waals surface area (Å²) < 4.78 is 1.80. The maximum absolute atomic E-state index is 12.5. The molecule has 0 saturated heterocycles. The van der Waals surface area contributed by atoms with E-state index in [4.69, 9.17) is 0 Å². The van der Waals surface area contributed by atoms with E-state index in [-0.39, 0.29) is 17.4 Å². The summed E-state index contributed by atoms with van der Waals surface area (Å²) in [5, 5.41) is 31.3. The van der Waals surface area contributed by atoms with E-state index >= 15 is 0 Å². The number of benzene rings is 3. The van der Waals surface area contributed by atoms with E-state index in [0.29, 0.717) is 27.8 Å². The highest BCUT2D eigenvalue weighted by atomic mass is 32.2. The number of hydrogen-bond acceptors (Lipinski definition) is 6. The Hall–Kier alpha value is -4.09. The minimum atomic E-state index is -0.264. The SMILES string of the molecule is N#Cc1ccccc1NC(=O)CSc1nnc(-c2ccccc2O)n1-c1ccccc1. The molecule has 0 aliphatic rings. The summed E-state index contributed by atoms with van der Waals surface area (Å²) in [5.41, 5.74) is 2.21.